The average molecular weight is 343 g/mol. The third kappa shape index (κ3) is 4.08. The van der Waals surface area contributed by atoms with Gasteiger partial charge in [-0.15, -0.1) is 0 Å². The van der Waals surface area contributed by atoms with Gasteiger partial charge in [-0.25, -0.2) is 0 Å². The van der Waals surface area contributed by atoms with Crippen LogP contribution in [0.2, 0.25) is 5.02 Å². The fourth-order valence-electron chi connectivity index (χ4n) is 1.64. The molecule has 4 nitrogen and oxygen atoms in total. The predicted octanol–water partition coefficient (Wildman–Crippen LogP) is 3.12. The fourth-order valence-corrected chi connectivity index (χ4v) is 2.27. The predicted molar refractivity (Wildman–Crippen MR) is 78.3 cm³/mol. The minimum absolute atomic E-state index is 0.0778. The van der Waals surface area contributed by atoms with E-state index in [1.807, 2.05) is 18.2 Å². The topological polar surface area (TPSA) is 46.9 Å². The second kappa shape index (κ2) is 6.73. The Balaban J connectivity index is 1.77. The summed E-state index contributed by atoms with van der Waals surface area (Å²) >= 11 is 9.12. The zero-order chi connectivity index (χ0) is 13.7. The summed E-state index contributed by atoms with van der Waals surface area (Å²) in [6.07, 6.45) is 4.16. The molecule has 0 aliphatic rings. The molecule has 0 atom stereocenters. The summed E-state index contributed by atoms with van der Waals surface area (Å²) in [5, 5.41) is 7.57. The monoisotopic (exact) mass is 341 g/mol. The number of nitrogens with one attached hydrogen (secondary N) is 1. The van der Waals surface area contributed by atoms with Crippen molar-refractivity contribution in [1.82, 2.24) is 15.1 Å². The van der Waals surface area contributed by atoms with Gasteiger partial charge in [-0.05, 0) is 34.5 Å². The van der Waals surface area contributed by atoms with E-state index in [0.717, 1.165) is 17.4 Å². The van der Waals surface area contributed by atoms with Crippen molar-refractivity contribution >= 4 is 33.4 Å². The maximum atomic E-state index is 11.9. The number of halogens is 2. The molecule has 0 aliphatic heterocycles. The average Bonchev–Trinajstić information content (AvgIpc) is 2.81. The molecule has 0 fully saturated rings. The lowest BCUT2D eigenvalue weighted by atomic mass is 10.2. The van der Waals surface area contributed by atoms with Crippen molar-refractivity contribution in [2.75, 3.05) is 6.54 Å². The zero-order valence-electron chi connectivity index (χ0n) is 10.1. The second-order valence-electron chi connectivity index (χ2n) is 4.01. The number of nitrogens with zero attached hydrogens (tertiary/aromatic N) is 2. The van der Waals surface area contributed by atoms with Gasteiger partial charge in [0.05, 0.1) is 16.8 Å². The Hall–Kier alpha value is -1.33. The summed E-state index contributed by atoms with van der Waals surface area (Å²) in [4.78, 5) is 11.9. The van der Waals surface area contributed by atoms with Gasteiger partial charge in [0.1, 0.15) is 0 Å². The van der Waals surface area contributed by atoms with E-state index in [2.05, 4.69) is 26.3 Å². The summed E-state index contributed by atoms with van der Waals surface area (Å²) in [5.41, 5.74) is 0.643. The molecule has 1 aromatic heterocycles. The van der Waals surface area contributed by atoms with Crippen LogP contribution in [-0.2, 0) is 6.54 Å². The number of aryl methyl sites for hydroxylation is 1. The Labute approximate surface area is 124 Å². The number of benzene rings is 1. The van der Waals surface area contributed by atoms with Gasteiger partial charge in [0.25, 0.3) is 5.91 Å². The van der Waals surface area contributed by atoms with E-state index in [0.29, 0.717) is 17.1 Å². The third-order valence-corrected chi connectivity index (χ3v) is 3.46. The minimum atomic E-state index is -0.0778. The van der Waals surface area contributed by atoms with Crippen molar-refractivity contribution in [3.05, 3.63) is 51.7 Å². The van der Waals surface area contributed by atoms with Crippen LogP contribution in [0.3, 0.4) is 0 Å². The van der Waals surface area contributed by atoms with Crippen LogP contribution >= 0.6 is 27.5 Å². The lowest BCUT2D eigenvalue weighted by Crippen LogP contribution is -2.25. The van der Waals surface area contributed by atoms with E-state index in [1.165, 1.54) is 0 Å². The summed E-state index contributed by atoms with van der Waals surface area (Å²) in [6.45, 7) is 1.32. The molecule has 1 amide bonds. The first-order chi connectivity index (χ1) is 9.16. The Morgan fingerprint density at radius 2 is 2.21 bits per heavy atom. The van der Waals surface area contributed by atoms with Crippen LogP contribution in [0.5, 0.6) is 0 Å². The number of rotatable bonds is 5. The quantitative estimate of drug-likeness (QED) is 0.849. The standard InChI is InChI=1S/C13H13BrClN3O/c14-12-5-2-1-4-11(12)13(19)16-6-3-7-18-9-10(15)8-17-18/h1-2,4-5,8-9H,3,6-7H2,(H,16,19). The molecule has 1 heterocycles. The fraction of sp³-hybridized carbons (Fsp3) is 0.231. The number of hydrogen-bond donors (Lipinski definition) is 1. The molecule has 0 unspecified atom stereocenters. The van der Waals surface area contributed by atoms with Crippen LogP contribution in [0.25, 0.3) is 0 Å². The number of carbonyl (C=O) groups excluding carboxylic acids is 1. The first-order valence-electron chi connectivity index (χ1n) is 5.87. The normalized spacial score (nSPS) is 10.4. The van der Waals surface area contributed by atoms with Gasteiger partial charge < -0.3 is 5.32 Å². The van der Waals surface area contributed by atoms with Gasteiger partial charge in [-0.1, -0.05) is 23.7 Å². The van der Waals surface area contributed by atoms with Crippen molar-refractivity contribution in [3.63, 3.8) is 0 Å². The summed E-state index contributed by atoms with van der Waals surface area (Å²) in [6, 6.07) is 7.35. The van der Waals surface area contributed by atoms with Crippen molar-refractivity contribution < 1.29 is 4.79 Å². The number of carbonyl (C=O) groups is 1. The Morgan fingerprint density at radius 3 is 2.89 bits per heavy atom. The molecule has 1 N–H and O–H groups in total. The largest absolute Gasteiger partial charge is 0.352 e. The van der Waals surface area contributed by atoms with Gasteiger partial charge in [0.2, 0.25) is 0 Å². The second-order valence-corrected chi connectivity index (χ2v) is 5.30. The van der Waals surface area contributed by atoms with Gasteiger partial charge >= 0.3 is 0 Å². The molecule has 0 radical (unpaired) electrons. The van der Waals surface area contributed by atoms with E-state index >= 15 is 0 Å². The summed E-state index contributed by atoms with van der Waals surface area (Å²) < 4.78 is 2.55. The molecule has 1 aromatic carbocycles. The zero-order valence-corrected chi connectivity index (χ0v) is 12.5. The van der Waals surface area contributed by atoms with Gasteiger partial charge in [-0.3, -0.25) is 9.48 Å². The van der Waals surface area contributed by atoms with Gasteiger partial charge in [-0.2, -0.15) is 5.10 Å². The third-order valence-electron chi connectivity index (χ3n) is 2.57. The van der Waals surface area contributed by atoms with Crippen LogP contribution in [0, 0.1) is 0 Å². The molecule has 0 spiro atoms. The van der Waals surface area contributed by atoms with E-state index in [4.69, 9.17) is 11.6 Å². The van der Waals surface area contributed by atoms with Crippen LogP contribution < -0.4 is 5.32 Å². The molecule has 0 aliphatic carbocycles. The molecule has 0 bridgehead atoms. The van der Waals surface area contributed by atoms with Crippen molar-refractivity contribution in [2.45, 2.75) is 13.0 Å². The van der Waals surface area contributed by atoms with Crippen LogP contribution in [0.4, 0.5) is 0 Å². The molecular weight excluding hydrogens is 330 g/mol. The molecule has 19 heavy (non-hydrogen) atoms. The van der Waals surface area contributed by atoms with E-state index < -0.39 is 0 Å². The minimum Gasteiger partial charge on any atom is -0.352 e. The smallest absolute Gasteiger partial charge is 0.252 e. The highest BCUT2D eigenvalue weighted by molar-refractivity contribution is 9.10. The van der Waals surface area contributed by atoms with Crippen LogP contribution in [0.15, 0.2) is 41.1 Å². The van der Waals surface area contributed by atoms with Crippen molar-refractivity contribution in [3.8, 4) is 0 Å². The van der Waals surface area contributed by atoms with Crippen molar-refractivity contribution in [2.24, 2.45) is 0 Å². The maximum Gasteiger partial charge on any atom is 0.252 e. The SMILES string of the molecule is O=C(NCCCn1cc(Cl)cn1)c1ccccc1Br. The highest BCUT2D eigenvalue weighted by Crippen LogP contribution is 2.15. The lowest BCUT2D eigenvalue weighted by molar-refractivity contribution is 0.0952. The number of amides is 1. The Morgan fingerprint density at radius 1 is 1.42 bits per heavy atom. The first kappa shape index (κ1) is 14.1. The van der Waals surface area contributed by atoms with E-state index in [-0.39, 0.29) is 5.91 Å². The molecule has 2 rings (SSSR count). The van der Waals surface area contributed by atoms with Gasteiger partial charge in [0.15, 0.2) is 0 Å². The first-order valence-corrected chi connectivity index (χ1v) is 7.04. The number of aromatic nitrogens is 2. The molecule has 0 saturated carbocycles. The molecule has 6 heteroatoms. The molecule has 100 valence electrons. The van der Waals surface area contributed by atoms with E-state index in [9.17, 15) is 4.79 Å². The molecular formula is C13H13BrClN3O. The Kier molecular flexibility index (Phi) is 4.99. The summed E-state index contributed by atoms with van der Waals surface area (Å²) in [5.74, 6) is -0.0778. The van der Waals surface area contributed by atoms with E-state index in [1.54, 1.807) is 23.1 Å². The molecule has 0 saturated heterocycles. The lowest BCUT2D eigenvalue weighted by Gasteiger charge is -2.06. The highest BCUT2D eigenvalue weighted by Gasteiger charge is 2.07. The maximum absolute atomic E-state index is 11.9. The summed E-state index contributed by atoms with van der Waals surface area (Å²) in [7, 11) is 0. The number of hydrogen-bond acceptors (Lipinski definition) is 2. The van der Waals surface area contributed by atoms with Crippen LogP contribution in [-0.4, -0.2) is 22.2 Å². The van der Waals surface area contributed by atoms with Crippen LogP contribution in [0.1, 0.15) is 16.8 Å². The van der Waals surface area contributed by atoms with Gasteiger partial charge in [0, 0.05) is 23.8 Å². The highest BCUT2D eigenvalue weighted by atomic mass is 79.9. The molecule has 2 aromatic rings. The Bertz CT molecular complexity index is 571. The van der Waals surface area contributed by atoms with Crippen molar-refractivity contribution in [1.29, 1.82) is 0 Å².